The Morgan fingerprint density at radius 3 is 2.25 bits per heavy atom. The van der Waals surface area contributed by atoms with E-state index < -0.39 is 5.60 Å². The summed E-state index contributed by atoms with van der Waals surface area (Å²) in [4.78, 5) is 25.5. The zero-order valence-electron chi connectivity index (χ0n) is 15.6. The van der Waals surface area contributed by atoms with Crippen LogP contribution in [0.5, 0.6) is 0 Å². The van der Waals surface area contributed by atoms with Crippen LogP contribution in [0.25, 0.3) is 0 Å². The summed E-state index contributed by atoms with van der Waals surface area (Å²) < 4.78 is 12.0. The van der Waals surface area contributed by atoms with Crippen molar-refractivity contribution >= 4 is 11.6 Å². The van der Waals surface area contributed by atoms with Gasteiger partial charge in [-0.1, -0.05) is 20.8 Å². The summed E-state index contributed by atoms with van der Waals surface area (Å²) in [6, 6.07) is 0. The summed E-state index contributed by atoms with van der Waals surface area (Å²) in [6.07, 6.45) is 3.92. The molecule has 4 rings (SSSR count). The molecule has 0 bridgehead atoms. The number of hydrogen-bond donors (Lipinski definition) is 0. The number of hydrogen-bond acceptors (Lipinski definition) is 4. The largest absolute Gasteiger partial charge is 0.369 e. The summed E-state index contributed by atoms with van der Waals surface area (Å²) in [6.45, 7) is 11.2. The van der Waals surface area contributed by atoms with Crippen LogP contribution in [0.4, 0.5) is 0 Å². The highest BCUT2D eigenvalue weighted by molar-refractivity contribution is 5.90. The Morgan fingerprint density at radius 1 is 0.958 bits per heavy atom. The van der Waals surface area contributed by atoms with Crippen molar-refractivity contribution in [2.24, 2.45) is 22.7 Å². The number of ketones is 2. The summed E-state index contributed by atoms with van der Waals surface area (Å²) in [5.74, 6) is 1.09. The van der Waals surface area contributed by atoms with Crippen molar-refractivity contribution in [1.82, 2.24) is 0 Å². The highest BCUT2D eigenvalue weighted by Crippen LogP contribution is 2.64. The van der Waals surface area contributed by atoms with Crippen LogP contribution >= 0.6 is 0 Å². The number of fused-ring (bicyclic) bond motifs is 3. The summed E-state index contributed by atoms with van der Waals surface area (Å²) in [5.41, 5.74) is -1.38. The van der Waals surface area contributed by atoms with E-state index >= 15 is 0 Å². The Kier molecular flexibility index (Phi) is 3.27. The number of Topliss-reactive ketones (excluding diaryl/α,β-unsaturated/α-hetero) is 2. The van der Waals surface area contributed by atoms with E-state index in [-0.39, 0.29) is 34.2 Å². The molecule has 2 heterocycles. The lowest BCUT2D eigenvalue weighted by Gasteiger charge is -2.64. The molecule has 2 aliphatic heterocycles. The van der Waals surface area contributed by atoms with Crippen molar-refractivity contribution in [2.75, 3.05) is 6.61 Å². The molecule has 2 saturated heterocycles. The molecule has 2 saturated carbocycles. The fourth-order valence-corrected chi connectivity index (χ4v) is 6.42. The highest BCUT2D eigenvalue weighted by Gasteiger charge is 2.67. The lowest BCUT2D eigenvalue weighted by atomic mass is 9.44. The van der Waals surface area contributed by atoms with Crippen molar-refractivity contribution in [3.8, 4) is 0 Å². The highest BCUT2D eigenvalue weighted by atomic mass is 16.6. The first-order chi connectivity index (χ1) is 11.0. The van der Waals surface area contributed by atoms with Gasteiger partial charge in [-0.15, -0.1) is 0 Å². The van der Waals surface area contributed by atoms with Gasteiger partial charge in [-0.3, -0.25) is 9.59 Å². The third kappa shape index (κ3) is 1.99. The van der Waals surface area contributed by atoms with E-state index in [0.29, 0.717) is 31.1 Å². The fraction of sp³-hybridized carbons (Fsp3) is 0.900. The van der Waals surface area contributed by atoms with Gasteiger partial charge in [0.1, 0.15) is 11.9 Å². The van der Waals surface area contributed by atoms with Crippen LogP contribution in [0.3, 0.4) is 0 Å². The van der Waals surface area contributed by atoms with Crippen LogP contribution < -0.4 is 0 Å². The molecule has 0 radical (unpaired) electrons. The Balaban J connectivity index is 1.71. The summed E-state index contributed by atoms with van der Waals surface area (Å²) in [5, 5.41) is 0. The molecule has 0 N–H and O–H groups in total. The predicted octanol–water partition coefficient (Wildman–Crippen LogP) is 3.31. The Morgan fingerprint density at radius 2 is 1.62 bits per heavy atom. The molecule has 24 heavy (non-hydrogen) atoms. The minimum absolute atomic E-state index is 0.00813. The van der Waals surface area contributed by atoms with Gasteiger partial charge in [-0.2, -0.15) is 0 Å². The van der Waals surface area contributed by atoms with Crippen LogP contribution in [0.1, 0.15) is 66.7 Å². The van der Waals surface area contributed by atoms with E-state index in [9.17, 15) is 9.59 Å². The van der Waals surface area contributed by atoms with Gasteiger partial charge in [0.15, 0.2) is 11.4 Å². The monoisotopic (exact) mass is 334 g/mol. The standard InChI is InChI=1S/C20H30O4/c1-17(2)12-6-9-19(4)13(18(12,3)8-7-14(17)21)10-15(22)20(5,24-19)16-11-23-16/h12-13,16H,6-11H2,1-5H3/t12?,13?,16-,18+,19-,20+/m0/s1. The van der Waals surface area contributed by atoms with E-state index in [1.165, 1.54) is 0 Å². The van der Waals surface area contributed by atoms with Gasteiger partial charge in [0, 0.05) is 24.2 Å². The fourth-order valence-electron chi connectivity index (χ4n) is 6.42. The van der Waals surface area contributed by atoms with E-state index in [1.807, 2.05) is 6.92 Å². The van der Waals surface area contributed by atoms with E-state index in [0.717, 1.165) is 19.3 Å². The predicted molar refractivity (Wildman–Crippen MR) is 89.6 cm³/mol. The first-order valence-corrected chi connectivity index (χ1v) is 9.42. The molecule has 2 unspecified atom stereocenters. The molecule has 4 aliphatic rings. The topological polar surface area (TPSA) is 55.9 Å². The molecule has 4 heteroatoms. The van der Waals surface area contributed by atoms with Gasteiger partial charge in [0.25, 0.3) is 0 Å². The van der Waals surface area contributed by atoms with Gasteiger partial charge in [0.05, 0.1) is 12.2 Å². The second-order valence-corrected chi connectivity index (χ2v) is 9.77. The molecule has 0 spiro atoms. The first kappa shape index (κ1) is 16.7. The minimum Gasteiger partial charge on any atom is -0.369 e. The molecule has 0 aromatic rings. The Labute approximate surface area is 144 Å². The number of carbonyl (C=O) groups is 2. The van der Waals surface area contributed by atoms with Gasteiger partial charge >= 0.3 is 0 Å². The molecular weight excluding hydrogens is 304 g/mol. The maximum Gasteiger partial charge on any atom is 0.167 e. The van der Waals surface area contributed by atoms with E-state index in [1.54, 1.807) is 0 Å². The number of rotatable bonds is 1. The van der Waals surface area contributed by atoms with Crippen molar-refractivity contribution in [3.05, 3.63) is 0 Å². The molecular formula is C20H30O4. The zero-order chi connectivity index (χ0) is 17.5. The quantitative estimate of drug-likeness (QED) is 0.690. The third-order valence-electron chi connectivity index (χ3n) is 8.08. The third-order valence-corrected chi connectivity index (χ3v) is 8.08. The van der Waals surface area contributed by atoms with Crippen LogP contribution in [0.2, 0.25) is 0 Å². The van der Waals surface area contributed by atoms with Crippen molar-refractivity contribution < 1.29 is 19.1 Å². The van der Waals surface area contributed by atoms with Crippen LogP contribution in [0.15, 0.2) is 0 Å². The maximum absolute atomic E-state index is 13.0. The minimum atomic E-state index is -0.783. The van der Waals surface area contributed by atoms with E-state index in [4.69, 9.17) is 9.47 Å². The maximum atomic E-state index is 13.0. The Bertz CT molecular complexity index is 607. The van der Waals surface area contributed by atoms with Crippen LogP contribution in [-0.2, 0) is 19.1 Å². The molecule has 134 valence electrons. The first-order valence-electron chi connectivity index (χ1n) is 9.42. The van der Waals surface area contributed by atoms with Gasteiger partial charge < -0.3 is 9.47 Å². The second-order valence-electron chi connectivity index (χ2n) is 9.77. The average molecular weight is 334 g/mol. The number of ether oxygens (including phenoxy) is 2. The van der Waals surface area contributed by atoms with Crippen molar-refractivity contribution in [3.63, 3.8) is 0 Å². The molecule has 6 atom stereocenters. The molecule has 2 aliphatic carbocycles. The molecule has 0 aromatic heterocycles. The van der Waals surface area contributed by atoms with Crippen LogP contribution in [-0.4, -0.2) is 35.5 Å². The average Bonchev–Trinajstić information content (AvgIpc) is 3.31. The van der Waals surface area contributed by atoms with Crippen LogP contribution in [0, 0.1) is 22.7 Å². The van der Waals surface area contributed by atoms with Gasteiger partial charge in [0.2, 0.25) is 0 Å². The molecule has 0 aromatic carbocycles. The molecule has 4 nitrogen and oxygen atoms in total. The van der Waals surface area contributed by atoms with Crippen molar-refractivity contribution in [2.45, 2.75) is 84.0 Å². The van der Waals surface area contributed by atoms with Gasteiger partial charge in [-0.05, 0) is 44.4 Å². The zero-order valence-corrected chi connectivity index (χ0v) is 15.6. The SMILES string of the molecule is CC1(C)C(=O)CC[C@]2(C)C1CC[C@]1(C)O[C@@](C)([C@@H]3CO3)C(=O)CC21. The Hall–Kier alpha value is -0.740. The smallest absolute Gasteiger partial charge is 0.167 e. The van der Waals surface area contributed by atoms with Crippen molar-refractivity contribution in [1.29, 1.82) is 0 Å². The molecule has 4 fully saturated rings. The number of carbonyl (C=O) groups excluding carboxylic acids is 2. The summed E-state index contributed by atoms with van der Waals surface area (Å²) >= 11 is 0. The number of epoxide rings is 1. The lowest BCUT2D eigenvalue weighted by molar-refractivity contribution is -0.253. The van der Waals surface area contributed by atoms with E-state index in [2.05, 4.69) is 27.7 Å². The second kappa shape index (κ2) is 4.70. The lowest BCUT2D eigenvalue weighted by Crippen LogP contribution is -2.67. The summed E-state index contributed by atoms with van der Waals surface area (Å²) in [7, 11) is 0. The molecule has 0 amide bonds. The normalized spacial score (nSPS) is 53.3. The van der Waals surface area contributed by atoms with Gasteiger partial charge in [-0.25, -0.2) is 0 Å².